The highest BCUT2D eigenvalue weighted by atomic mass is 28.4. The number of rotatable bonds is 8. The second kappa shape index (κ2) is 11.1. The molecule has 0 aliphatic carbocycles. The first-order valence-electron chi connectivity index (χ1n) is 14.1. The molecule has 0 spiro atoms. The topological polar surface area (TPSA) is 96.1 Å². The summed E-state index contributed by atoms with van der Waals surface area (Å²) in [6, 6.07) is 1.28. The van der Waals surface area contributed by atoms with Gasteiger partial charge in [0.2, 0.25) is 0 Å². The minimum absolute atomic E-state index is 0.0156. The first-order chi connectivity index (χ1) is 17.7. The third-order valence-corrected chi connectivity index (χ3v) is 23.0. The molecule has 4 atom stereocenters. The van der Waals surface area contributed by atoms with Crippen LogP contribution in [0.25, 0.3) is 4.85 Å². The van der Waals surface area contributed by atoms with E-state index >= 15 is 0 Å². The van der Waals surface area contributed by atoms with E-state index in [0.717, 1.165) is 0 Å². The summed E-state index contributed by atoms with van der Waals surface area (Å²) in [6.45, 7) is 40.6. The highest BCUT2D eigenvalue weighted by Gasteiger charge is 2.67. The maximum atomic E-state index is 13.1. The van der Waals surface area contributed by atoms with Crippen LogP contribution in [-0.2, 0) is 18.0 Å². The van der Waals surface area contributed by atoms with E-state index in [4.69, 9.17) is 24.6 Å². The fourth-order valence-electron chi connectivity index (χ4n) is 3.62. The molecule has 0 bridgehead atoms. The smallest absolute Gasteiger partial charge is 0.388 e. The van der Waals surface area contributed by atoms with Crippen LogP contribution in [0, 0.1) is 6.57 Å². The van der Waals surface area contributed by atoms with E-state index in [-0.39, 0.29) is 21.7 Å². The minimum atomic E-state index is -2.48. The number of ether oxygens (including phenoxy) is 1. The summed E-state index contributed by atoms with van der Waals surface area (Å²) in [6.07, 6.45) is -1.19. The second-order valence-corrected chi connectivity index (χ2v) is 30.0. The van der Waals surface area contributed by atoms with Crippen LogP contribution in [0.3, 0.4) is 0 Å². The van der Waals surface area contributed by atoms with Crippen molar-refractivity contribution in [3.63, 3.8) is 0 Å². The predicted octanol–water partition coefficient (Wildman–Crippen LogP) is 6.48. The first-order valence-corrected chi connectivity index (χ1v) is 22.8. The van der Waals surface area contributed by atoms with E-state index in [1.807, 2.05) is 0 Å². The fourth-order valence-corrected chi connectivity index (χ4v) is 7.20. The van der Waals surface area contributed by atoms with Crippen molar-refractivity contribution in [2.24, 2.45) is 0 Å². The van der Waals surface area contributed by atoms with Crippen molar-refractivity contribution >= 4 is 25.0 Å². The van der Waals surface area contributed by atoms with Gasteiger partial charge in [0.15, 0.2) is 37.3 Å². The van der Waals surface area contributed by atoms with Crippen molar-refractivity contribution in [3.8, 4) is 0 Å². The van der Waals surface area contributed by atoms with Crippen molar-refractivity contribution in [3.05, 3.63) is 44.5 Å². The molecule has 1 aliphatic rings. The molecule has 1 aromatic heterocycles. The highest BCUT2D eigenvalue weighted by molar-refractivity contribution is 6.75. The third-order valence-electron chi connectivity index (χ3n) is 9.57. The molecule has 1 N–H and O–H groups in total. The zero-order valence-electron chi connectivity index (χ0n) is 27.4. The summed E-state index contributed by atoms with van der Waals surface area (Å²) in [5.41, 5.74) is -2.69. The van der Waals surface area contributed by atoms with Crippen molar-refractivity contribution < 1.29 is 18.0 Å². The van der Waals surface area contributed by atoms with Crippen molar-refractivity contribution in [1.82, 2.24) is 9.55 Å². The molecule has 0 amide bonds. The average Bonchev–Trinajstić information content (AvgIpc) is 3.02. The van der Waals surface area contributed by atoms with Crippen LogP contribution < -0.4 is 11.2 Å². The van der Waals surface area contributed by atoms with Gasteiger partial charge < -0.3 is 13.3 Å². The first kappa shape index (κ1) is 34.9. The van der Waals surface area contributed by atoms with E-state index in [1.165, 1.54) is 16.8 Å². The quantitative estimate of drug-likeness (QED) is 0.267. The Labute approximate surface area is 244 Å². The summed E-state index contributed by atoms with van der Waals surface area (Å²) in [4.78, 5) is 31.4. The molecule has 2 heterocycles. The predicted molar refractivity (Wildman–Crippen MR) is 168 cm³/mol. The van der Waals surface area contributed by atoms with E-state index in [9.17, 15) is 9.59 Å². The number of hydrogen-bond donors (Lipinski definition) is 1. The summed E-state index contributed by atoms with van der Waals surface area (Å²) in [7, 11) is -7.24. The van der Waals surface area contributed by atoms with Gasteiger partial charge in [-0.1, -0.05) is 62.3 Å². The summed E-state index contributed by atoms with van der Waals surface area (Å²) in [5.74, 6) is 0. The molecule has 1 saturated heterocycles. The molecule has 1 fully saturated rings. The van der Waals surface area contributed by atoms with Gasteiger partial charge >= 0.3 is 11.4 Å². The number of hydrogen-bond acceptors (Lipinski definition) is 6. The summed E-state index contributed by atoms with van der Waals surface area (Å²) >= 11 is 0. The molecule has 0 radical (unpaired) electrons. The van der Waals surface area contributed by atoms with Crippen LogP contribution in [0.2, 0.25) is 54.4 Å². The number of nitrogens with zero attached hydrogens (tertiary/aromatic N) is 2. The normalized spacial score (nSPS) is 25.2. The molecular weight excluding hydrogens is 559 g/mol. The monoisotopic (exact) mass is 611 g/mol. The second-order valence-electron chi connectivity index (χ2n) is 15.7. The van der Waals surface area contributed by atoms with Gasteiger partial charge in [-0.2, -0.15) is 0 Å². The van der Waals surface area contributed by atoms with Crippen LogP contribution in [0.5, 0.6) is 0 Å². The Kier molecular flexibility index (Phi) is 9.64. The lowest BCUT2D eigenvalue weighted by molar-refractivity contribution is -0.0964. The molecule has 12 heteroatoms. The standard InChI is InChI=1S/C28H53N3O6Si3/c1-25(2,3)38(11,12)34-19-28(29-10)22(37-40(15,16)27(7,8)9)21(36-39(13,14)26(4,5)6)23(35-28)31-18-17-20(32)30-24(31)33/h17-18,21-23H,19H2,1-9,11-16H3,(H,30,32,33)/t21-,22+,23-,28-/m1/s1. The van der Waals surface area contributed by atoms with Gasteiger partial charge in [-0.25, -0.2) is 11.4 Å². The Bertz CT molecular complexity index is 1210. The van der Waals surface area contributed by atoms with Gasteiger partial charge in [0, 0.05) is 12.3 Å². The molecule has 0 aromatic carbocycles. The number of aromatic nitrogens is 2. The van der Waals surface area contributed by atoms with Crippen molar-refractivity contribution in [2.75, 3.05) is 6.61 Å². The Morgan fingerprint density at radius 3 is 1.80 bits per heavy atom. The van der Waals surface area contributed by atoms with Crippen LogP contribution in [-0.4, -0.2) is 59.0 Å². The Morgan fingerprint density at radius 2 is 1.38 bits per heavy atom. The van der Waals surface area contributed by atoms with Crippen molar-refractivity contribution in [2.45, 2.75) is 141 Å². The lowest BCUT2D eigenvalue weighted by atomic mass is 10.1. The van der Waals surface area contributed by atoms with E-state index in [1.54, 1.807) is 0 Å². The molecule has 0 saturated carbocycles. The third kappa shape index (κ3) is 6.99. The molecule has 2 rings (SSSR count). The molecule has 9 nitrogen and oxygen atoms in total. The van der Waals surface area contributed by atoms with Gasteiger partial charge in [-0.3, -0.25) is 23.9 Å². The van der Waals surface area contributed by atoms with Gasteiger partial charge in [0.05, 0.1) is 0 Å². The van der Waals surface area contributed by atoms with Gasteiger partial charge in [-0.15, -0.1) is 0 Å². The average molecular weight is 612 g/mol. The highest BCUT2D eigenvalue weighted by Crippen LogP contribution is 2.50. The number of H-pyrrole nitrogens is 1. The molecule has 228 valence electrons. The van der Waals surface area contributed by atoms with Gasteiger partial charge in [0.25, 0.3) is 5.56 Å². The van der Waals surface area contributed by atoms with Gasteiger partial charge in [-0.05, 0) is 54.4 Å². The zero-order chi connectivity index (χ0) is 31.3. The lowest BCUT2D eigenvalue weighted by Crippen LogP contribution is -2.58. The maximum absolute atomic E-state index is 13.1. The van der Waals surface area contributed by atoms with Gasteiger partial charge in [0.1, 0.15) is 12.7 Å². The lowest BCUT2D eigenvalue weighted by Gasteiger charge is -2.44. The largest absolute Gasteiger partial charge is 0.406 e. The summed E-state index contributed by atoms with van der Waals surface area (Å²) < 4.78 is 28.6. The summed E-state index contributed by atoms with van der Waals surface area (Å²) in [5, 5.41) is -0.400. The maximum Gasteiger partial charge on any atom is 0.388 e. The molecule has 1 aromatic rings. The Morgan fingerprint density at radius 1 is 0.900 bits per heavy atom. The molecule has 1 aliphatic heterocycles. The zero-order valence-corrected chi connectivity index (χ0v) is 30.4. The van der Waals surface area contributed by atoms with E-state index in [0.29, 0.717) is 0 Å². The van der Waals surface area contributed by atoms with Crippen LogP contribution >= 0.6 is 0 Å². The van der Waals surface area contributed by atoms with Crippen LogP contribution in [0.4, 0.5) is 0 Å². The number of nitrogens with one attached hydrogen (secondary N) is 1. The Hall–Kier alpha value is -1.34. The molecule has 40 heavy (non-hydrogen) atoms. The van der Waals surface area contributed by atoms with Crippen molar-refractivity contribution in [1.29, 1.82) is 0 Å². The fraction of sp³-hybridized carbons (Fsp3) is 0.821. The van der Waals surface area contributed by atoms with E-state index < -0.39 is 60.4 Å². The minimum Gasteiger partial charge on any atom is -0.406 e. The van der Waals surface area contributed by atoms with Crippen LogP contribution in [0.1, 0.15) is 68.5 Å². The molecule has 0 unspecified atom stereocenters. The molecular formula is C28H53N3O6Si3. The van der Waals surface area contributed by atoms with E-state index in [2.05, 4.69) is 111 Å². The van der Waals surface area contributed by atoms with Crippen LogP contribution in [0.15, 0.2) is 21.9 Å². The Balaban J connectivity index is 2.82. The SMILES string of the molecule is [C-]#[N+][C@]1(CO[Si](C)(C)C(C)(C)C)O[C@@H](n2ccc(=O)[nH]c2=O)[C@H](O[Si](C)(C)C(C)(C)C)[C@@H]1O[Si](C)(C)C(C)(C)C. The number of aromatic amines is 1.